The first-order valence-electron chi connectivity index (χ1n) is 9.32. The van der Waals surface area contributed by atoms with Crippen molar-refractivity contribution in [2.45, 2.75) is 51.6 Å². The molecule has 1 saturated carbocycles. The van der Waals surface area contributed by atoms with E-state index in [0.29, 0.717) is 12.0 Å². The van der Waals surface area contributed by atoms with Gasteiger partial charge in [-0.3, -0.25) is 4.79 Å². The summed E-state index contributed by atoms with van der Waals surface area (Å²) in [5.41, 5.74) is 0. The number of carbonyl (C=O) groups excluding carboxylic acids is 1. The first kappa shape index (κ1) is 17.1. The topological polar surface area (TPSA) is 62.6 Å². The zero-order valence-electron chi connectivity index (χ0n) is 14.9. The molecule has 0 radical (unpaired) electrons. The molecule has 2 N–H and O–H groups in total. The average molecular weight is 332 g/mol. The van der Waals surface area contributed by atoms with Crippen LogP contribution in [0.4, 0.5) is 5.95 Å². The van der Waals surface area contributed by atoms with Crippen molar-refractivity contribution in [3.8, 4) is 0 Å². The Morgan fingerprint density at radius 3 is 2.58 bits per heavy atom. The molecule has 24 heavy (non-hydrogen) atoms. The molecule has 3 atom stereocenters. The zero-order valence-corrected chi connectivity index (χ0v) is 14.9. The number of hydrogen-bond acceptors (Lipinski definition) is 4. The lowest BCUT2D eigenvalue weighted by Crippen LogP contribution is -3.19. The maximum absolute atomic E-state index is 12.6. The number of quaternary nitrogens is 1. The van der Waals surface area contributed by atoms with Crippen molar-refractivity contribution in [3.63, 3.8) is 0 Å². The van der Waals surface area contributed by atoms with Crippen LogP contribution in [0.5, 0.6) is 0 Å². The molecule has 6 nitrogen and oxygen atoms in total. The third-order valence-electron chi connectivity index (χ3n) is 5.69. The lowest BCUT2D eigenvalue weighted by molar-refractivity contribution is -0.914. The highest BCUT2D eigenvalue weighted by Gasteiger charge is 2.32. The number of nitrogens with zero attached hydrogens (tertiary/aromatic N) is 3. The highest BCUT2D eigenvalue weighted by Crippen LogP contribution is 2.23. The summed E-state index contributed by atoms with van der Waals surface area (Å²) in [6, 6.07) is 2.22. The summed E-state index contributed by atoms with van der Waals surface area (Å²) in [6.07, 6.45) is 8.48. The monoisotopic (exact) mass is 332 g/mol. The quantitative estimate of drug-likeness (QED) is 0.831. The van der Waals surface area contributed by atoms with Gasteiger partial charge in [0.1, 0.15) is 0 Å². The van der Waals surface area contributed by atoms with Crippen molar-refractivity contribution in [2.24, 2.45) is 5.92 Å². The van der Waals surface area contributed by atoms with Gasteiger partial charge in [0.25, 0.3) is 5.91 Å². The van der Waals surface area contributed by atoms with Gasteiger partial charge in [-0.1, -0.05) is 19.8 Å². The van der Waals surface area contributed by atoms with Gasteiger partial charge in [0.2, 0.25) is 5.95 Å². The van der Waals surface area contributed by atoms with E-state index in [1.807, 2.05) is 6.07 Å². The van der Waals surface area contributed by atoms with E-state index in [2.05, 4.69) is 34.0 Å². The van der Waals surface area contributed by atoms with Crippen LogP contribution in [0.15, 0.2) is 18.5 Å². The van der Waals surface area contributed by atoms with Crippen LogP contribution >= 0.6 is 0 Å². The summed E-state index contributed by atoms with van der Waals surface area (Å²) in [5, 5.41) is 3.31. The van der Waals surface area contributed by atoms with Crippen LogP contribution in [0.2, 0.25) is 0 Å². The SMILES string of the molecule is C[C@H](C(=O)N[C@@H]1CCCC[C@@H]1C)[NH+]1CCN(c2ncccn2)CC1. The minimum absolute atomic E-state index is 0.0120. The van der Waals surface area contributed by atoms with Crippen molar-refractivity contribution in [1.29, 1.82) is 0 Å². The Balaban J connectivity index is 1.49. The smallest absolute Gasteiger partial charge is 0.278 e. The molecule has 6 heteroatoms. The fourth-order valence-electron chi connectivity index (χ4n) is 3.91. The Bertz CT molecular complexity index is 529. The first-order valence-corrected chi connectivity index (χ1v) is 9.32. The molecule has 3 rings (SSSR count). The summed E-state index contributed by atoms with van der Waals surface area (Å²) in [6.45, 7) is 8.03. The normalized spacial score (nSPS) is 26.8. The number of anilines is 1. The van der Waals surface area contributed by atoms with Crippen LogP contribution < -0.4 is 15.1 Å². The first-order chi connectivity index (χ1) is 11.6. The molecule has 2 aliphatic rings. The average Bonchev–Trinajstić information content (AvgIpc) is 2.64. The molecule has 1 saturated heterocycles. The standard InChI is InChI=1S/C18H29N5O/c1-14-6-3-4-7-16(14)21-17(24)15(2)22-10-12-23(13-11-22)18-19-8-5-9-20-18/h5,8-9,14-16H,3-4,6-7,10-13H2,1-2H3,(H,21,24)/p+1/t14-,15+,16+/m0/s1. The number of carbonyl (C=O) groups is 1. The van der Waals surface area contributed by atoms with E-state index >= 15 is 0 Å². The maximum atomic E-state index is 12.6. The third-order valence-corrected chi connectivity index (χ3v) is 5.69. The van der Waals surface area contributed by atoms with E-state index in [9.17, 15) is 4.79 Å². The van der Waals surface area contributed by atoms with Crippen molar-refractivity contribution >= 4 is 11.9 Å². The minimum Gasteiger partial charge on any atom is -0.348 e. The number of hydrogen-bond donors (Lipinski definition) is 2. The van der Waals surface area contributed by atoms with Gasteiger partial charge in [0.15, 0.2) is 6.04 Å². The van der Waals surface area contributed by atoms with Crippen molar-refractivity contribution in [1.82, 2.24) is 15.3 Å². The van der Waals surface area contributed by atoms with E-state index < -0.39 is 0 Å². The van der Waals surface area contributed by atoms with E-state index in [1.165, 1.54) is 24.2 Å². The number of piperazine rings is 1. The van der Waals surface area contributed by atoms with Gasteiger partial charge in [0, 0.05) is 18.4 Å². The highest BCUT2D eigenvalue weighted by molar-refractivity contribution is 5.80. The third kappa shape index (κ3) is 4.04. The molecule has 0 unspecified atom stereocenters. The fourth-order valence-corrected chi connectivity index (χ4v) is 3.91. The Hall–Kier alpha value is -1.69. The Morgan fingerprint density at radius 1 is 1.25 bits per heavy atom. The van der Waals surface area contributed by atoms with E-state index in [0.717, 1.165) is 38.5 Å². The van der Waals surface area contributed by atoms with Gasteiger partial charge >= 0.3 is 0 Å². The number of nitrogens with one attached hydrogen (secondary N) is 2. The van der Waals surface area contributed by atoms with Crippen LogP contribution in [0, 0.1) is 5.92 Å². The summed E-state index contributed by atoms with van der Waals surface area (Å²) < 4.78 is 0. The minimum atomic E-state index is 0.0120. The highest BCUT2D eigenvalue weighted by atomic mass is 16.2. The maximum Gasteiger partial charge on any atom is 0.278 e. The van der Waals surface area contributed by atoms with Crippen molar-refractivity contribution in [3.05, 3.63) is 18.5 Å². The lowest BCUT2D eigenvalue weighted by atomic mass is 9.86. The zero-order chi connectivity index (χ0) is 16.9. The Morgan fingerprint density at radius 2 is 1.92 bits per heavy atom. The van der Waals surface area contributed by atoms with Gasteiger partial charge in [-0.25, -0.2) is 9.97 Å². The summed E-state index contributed by atoms with van der Waals surface area (Å²) in [7, 11) is 0. The Kier molecular flexibility index (Phi) is 5.66. The van der Waals surface area contributed by atoms with Crippen molar-refractivity contribution < 1.29 is 9.69 Å². The molecule has 0 bridgehead atoms. The molecule has 1 aliphatic carbocycles. The molecule has 2 heterocycles. The molecule has 2 fully saturated rings. The lowest BCUT2D eigenvalue weighted by Gasteiger charge is -2.36. The molecular weight excluding hydrogens is 302 g/mol. The fraction of sp³-hybridized carbons (Fsp3) is 0.722. The van der Waals surface area contributed by atoms with Gasteiger partial charge in [-0.15, -0.1) is 0 Å². The number of rotatable bonds is 4. The van der Waals surface area contributed by atoms with Crippen LogP contribution in [0.3, 0.4) is 0 Å². The second kappa shape index (κ2) is 7.92. The van der Waals surface area contributed by atoms with Gasteiger partial charge in [0.05, 0.1) is 26.2 Å². The van der Waals surface area contributed by atoms with E-state index in [1.54, 1.807) is 12.4 Å². The second-order valence-corrected chi connectivity index (χ2v) is 7.29. The molecular formula is C18H30N5O+. The largest absolute Gasteiger partial charge is 0.348 e. The number of amides is 1. The summed E-state index contributed by atoms with van der Waals surface area (Å²) >= 11 is 0. The Labute approximate surface area is 144 Å². The summed E-state index contributed by atoms with van der Waals surface area (Å²) in [4.78, 5) is 24.8. The summed E-state index contributed by atoms with van der Waals surface area (Å²) in [5.74, 6) is 1.62. The van der Waals surface area contributed by atoms with Crippen LogP contribution in [-0.2, 0) is 4.79 Å². The van der Waals surface area contributed by atoms with Crippen LogP contribution in [0.25, 0.3) is 0 Å². The molecule has 1 aromatic heterocycles. The second-order valence-electron chi connectivity index (χ2n) is 7.29. The molecule has 0 spiro atoms. The van der Waals surface area contributed by atoms with Gasteiger partial charge in [-0.05, 0) is 31.7 Å². The predicted octanol–water partition coefficient (Wildman–Crippen LogP) is 0.265. The van der Waals surface area contributed by atoms with E-state index in [-0.39, 0.29) is 11.9 Å². The molecule has 0 aromatic carbocycles. The predicted molar refractivity (Wildman–Crippen MR) is 94.0 cm³/mol. The van der Waals surface area contributed by atoms with Gasteiger partial charge in [-0.2, -0.15) is 0 Å². The molecule has 1 amide bonds. The number of aromatic nitrogens is 2. The molecule has 132 valence electrons. The van der Waals surface area contributed by atoms with Gasteiger partial charge < -0.3 is 15.1 Å². The molecule has 1 aliphatic heterocycles. The molecule has 1 aromatic rings. The van der Waals surface area contributed by atoms with Crippen LogP contribution in [0.1, 0.15) is 39.5 Å². The van der Waals surface area contributed by atoms with Crippen molar-refractivity contribution in [2.75, 3.05) is 31.1 Å². The van der Waals surface area contributed by atoms with Crippen LogP contribution in [-0.4, -0.2) is 54.1 Å². The van der Waals surface area contributed by atoms with E-state index in [4.69, 9.17) is 0 Å².